The van der Waals surface area contributed by atoms with Gasteiger partial charge in [-0.3, -0.25) is 9.59 Å². The van der Waals surface area contributed by atoms with Crippen LogP contribution in [0.5, 0.6) is 0 Å². The number of hydrogen-bond donors (Lipinski definition) is 1. The smallest absolute Gasteiger partial charge is 0.229 e. The summed E-state index contributed by atoms with van der Waals surface area (Å²) in [5, 5.41) is 3.46. The van der Waals surface area contributed by atoms with Crippen molar-refractivity contribution >= 4 is 29.1 Å². The molecule has 1 atom stereocenters. The van der Waals surface area contributed by atoms with Crippen LogP contribution in [-0.4, -0.2) is 18.4 Å². The van der Waals surface area contributed by atoms with Gasteiger partial charge in [0.1, 0.15) is 0 Å². The molecule has 0 spiro atoms. The Morgan fingerprint density at radius 1 is 1.20 bits per heavy atom. The van der Waals surface area contributed by atoms with E-state index >= 15 is 0 Å². The molecule has 1 aliphatic rings. The van der Waals surface area contributed by atoms with Gasteiger partial charge in [0.15, 0.2) is 0 Å². The Hall–Kier alpha value is -2.33. The van der Waals surface area contributed by atoms with Gasteiger partial charge < -0.3 is 10.2 Å². The minimum absolute atomic E-state index is 0.00544. The van der Waals surface area contributed by atoms with Crippen LogP contribution in [0.2, 0.25) is 5.02 Å². The van der Waals surface area contributed by atoms with Crippen LogP contribution >= 0.6 is 11.6 Å². The normalized spacial score (nSPS) is 14.6. The number of benzene rings is 2. The summed E-state index contributed by atoms with van der Waals surface area (Å²) in [7, 11) is 0. The van der Waals surface area contributed by atoms with Crippen LogP contribution < -0.4 is 10.2 Å². The highest BCUT2D eigenvalue weighted by atomic mass is 35.5. The quantitative estimate of drug-likeness (QED) is 0.903. The summed E-state index contributed by atoms with van der Waals surface area (Å²) in [5.74, 6) is -0.164. The molecule has 0 bridgehead atoms. The second-order valence-corrected chi connectivity index (χ2v) is 6.73. The summed E-state index contributed by atoms with van der Waals surface area (Å²) in [5.41, 5.74) is 3.01. The maximum absolute atomic E-state index is 13.0. The third-order valence-corrected chi connectivity index (χ3v) is 4.65. The summed E-state index contributed by atoms with van der Waals surface area (Å²) in [4.78, 5) is 26.4. The van der Waals surface area contributed by atoms with Crippen LogP contribution in [-0.2, 0) is 16.0 Å². The number of para-hydroxylation sites is 1. The second kappa shape index (κ2) is 7.70. The van der Waals surface area contributed by atoms with E-state index in [1.165, 1.54) is 12.5 Å². The molecule has 0 saturated carbocycles. The van der Waals surface area contributed by atoms with E-state index in [4.69, 9.17) is 11.6 Å². The van der Waals surface area contributed by atoms with E-state index in [0.29, 0.717) is 11.6 Å². The van der Waals surface area contributed by atoms with Crippen LogP contribution in [0.25, 0.3) is 0 Å². The van der Waals surface area contributed by atoms with Gasteiger partial charge in [0.2, 0.25) is 11.8 Å². The van der Waals surface area contributed by atoms with Crippen molar-refractivity contribution in [2.75, 3.05) is 11.4 Å². The van der Waals surface area contributed by atoms with E-state index in [1.807, 2.05) is 35.2 Å². The first kappa shape index (κ1) is 17.5. The topological polar surface area (TPSA) is 49.4 Å². The molecule has 0 radical (unpaired) electrons. The van der Waals surface area contributed by atoms with Crippen molar-refractivity contribution in [2.24, 2.45) is 0 Å². The first-order valence-corrected chi connectivity index (χ1v) is 8.83. The number of carbonyl (C=O) groups excluding carboxylic acids is 2. The lowest BCUT2D eigenvalue weighted by molar-refractivity contribution is -0.121. The number of hydrogen-bond acceptors (Lipinski definition) is 2. The largest absolute Gasteiger partial charge is 0.349 e. The summed E-state index contributed by atoms with van der Waals surface area (Å²) in [6, 6.07) is 14.9. The highest BCUT2D eigenvalue weighted by molar-refractivity contribution is 6.30. The van der Waals surface area contributed by atoms with Crippen molar-refractivity contribution in [3.05, 3.63) is 64.7 Å². The fourth-order valence-electron chi connectivity index (χ4n) is 3.30. The Morgan fingerprint density at radius 2 is 2.00 bits per heavy atom. The fraction of sp³-hybridized carbons (Fsp3) is 0.300. The second-order valence-electron chi connectivity index (χ2n) is 6.29. The van der Waals surface area contributed by atoms with Crippen molar-refractivity contribution in [1.29, 1.82) is 0 Å². The van der Waals surface area contributed by atoms with E-state index < -0.39 is 6.04 Å². The van der Waals surface area contributed by atoms with E-state index in [1.54, 1.807) is 12.1 Å². The minimum atomic E-state index is -0.391. The van der Waals surface area contributed by atoms with Crippen molar-refractivity contribution in [2.45, 2.75) is 32.2 Å². The molecule has 0 aromatic heterocycles. The molecule has 25 heavy (non-hydrogen) atoms. The molecule has 0 fully saturated rings. The Balaban J connectivity index is 1.83. The molecule has 2 amide bonds. The molecular formula is C20H21ClN2O2. The molecule has 2 aromatic rings. The average molecular weight is 357 g/mol. The van der Waals surface area contributed by atoms with Gasteiger partial charge in [-0.1, -0.05) is 41.9 Å². The number of nitrogens with one attached hydrogen (secondary N) is 1. The van der Waals surface area contributed by atoms with Crippen molar-refractivity contribution < 1.29 is 9.59 Å². The summed E-state index contributed by atoms with van der Waals surface area (Å²) < 4.78 is 0. The van der Waals surface area contributed by atoms with Crippen molar-refractivity contribution in [1.82, 2.24) is 5.32 Å². The minimum Gasteiger partial charge on any atom is -0.349 e. The zero-order valence-corrected chi connectivity index (χ0v) is 14.9. The summed E-state index contributed by atoms with van der Waals surface area (Å²) in [6.07, 6.45) is 2.14. The summed E-state index contributed by atoms with van der Waals surface area (Å²) in [6.45, 7) is 2.16. The van der Waals surface area contributed by atoms with Gasteiger partial charge in [-0.05, 0) is 42.2 Å². The number of nitrogens with zero attached hydrogens (tertiary/aromatic N) is 1. The lowest BCUT2D eigenvalue weighted by atomic mass is 9.99. The predicted molar refractivity (Wildman–Crippen MR) is 99.7 cm³/mol. The molecule has 0 aliphatic carbocycles. The number of carbonyl (C=O) groups is 2. The van der Waals surface area contributed by atoms with E-state index in [0.717, 1.165) is 24.1 Å². The van der Waals surface area contributed by atoms with Crippen LogP contribution in [0.15, 0.2) is 48.5 Å². The Labute approximate surface area is 152 Å². The van der Waals surface area contributed by atoms with E-state index in [-0.39, 0.29) is 18.2 Å². The molecular weight excluding hydrogens is 336 g/mol. The number of anilines is 1. The molecule has 3 rings (SSSR count). The molecule has 4 nitrogen and oxygen atoms in total. The van der Waals surface area contributed by atoms with Crippen LogP contribution in [0, 0.1) is 0 Å². The molecule has 2 aromatic carbocycles. The van der Waals surface area contributed by atoms with Crippen molar-refractivity contribution in [3.8, 4) is 0 Å². The van der Waals surface area contributed by atoms with Crippen LogP contribution in [0.3, 0.4) is 0 Å². The van der Waals surface area contributed by atoms with Gasteiger partial charge in [0.05, 0.1) is 12.5 Å². The van der Waals surface area contributed by atoms with Crippen LogP contribution in [0.4, 0.5) is 5.69 Å². The van der Waals surface area contributed by atoms with Crippen molar-refractivity contribution in [3.63, 3.8) is 0 Å². The Kier molecular flexibility index (Phi) is 5.39. The third-order valence-electron chi connectivity index (χ3n) is 4.42. The van der Waals surface area contributed by atoms with E-state index in [9.17, 15) is 9.59 Å². The van der Waals surface area contributed by atoms with Crippen LogP contribution in [0.1, 0.15) is 36.9 Å². The van der Waals surface area contributed by atoms with Gasteiger partial charge in [0.25, 0.3) is 0 Å². The summed E-state index contributed by atoms with van der Waals surface area (Å²) >= 11 is 6.07. The molecule has 5 heteroatoms. The average Bonchev–Trinajstić information content (AvgIpc) is 2.60. The maximum atomic E-state index is 13.0. The molecule has 1 N–H and O–H groups in total. The first-order chi connectivity index (χ1) is 12.0. The first-order valence-electron chi connectivity index (χ1n) is 8.45. The third kappa shape index (κ3) is 4.20. The Bertz CT molecular complexity index is 791. The molecule has 1 heterocycles. The fourth-order valence-corrected chi connectivity index (χ4v) is 3.50. The SMILES string of the molecule is CC(=O)NC(CC(=O)N1CCCc2ccccc21)c1cccc(Cl)c1. The standard InChI is InChI=1S/C20H21ClN2O2/c1-14(24)22-18(16-7-4-9-17(21)12-16)13-20(25)23-11-5-8-15-6-2-3-10-19(15)23/h2-4,6-7,9-10,12,18H,5,8,11,13H2,1H3,(H,22,24). The van der Waals surface area contributed by atoms with Gasteiger partial charge in [0, 0.05) is 24.2 Å². The molecule has 0 saturated heterocycles. The van der Waals surface area contributed by atoms with Gasteiger partial charge in [-0.15, -0.1) is 0 Å². The molecule has 1 aliphatic heterocycles. The number of aryl methyl sites for hydroxylation is 1. The van der Waals surface area contributed by atoms with E-state index in [2.05, 4.69) is 11.4 Å². The monoisotopic (exact) mass is 356 g/mol. The van der Waals surface area contributed by atoms with Gasteiger partial charge >= 0.3 is 0 Å². The maximum Gasteiger partial charge on any atom is 0.229 e. The highest BCUT2D eigenvalue weighted by Gasteiger charge is 2.25. The zero-order chi connectivity index (χ0) is 17.8. The highest BCUT2D eigenvalue weighted by Crippen LogP contribution is 2.29. The number of halogens is 1. The lowest BCUT2D eigenvalue weighted by Crippen LogP contribution is -2.38. The number of rotatable bonds is 4. The molecule has 1 unspecified atom stereocenters. The molecule has 130 valence electrons. The Morgan fingerprint density at radius 3 is 2.76 bits per heavy atom. The zero-order valence-electron chi connectivity index (χ0n) is 14.2. The van der Waals surface area contributed by atoms with Gasteiger partial charge in [-0.25, -0.2) is 0 Å². The lowest BCUT2D eigenvalue weighted by Gasteiger charge is -2.31. The number of fused-ring (bicyclic) bond motifs is 1. The van der Waals surface area contributed by atoms with Gasteiger partial charge in [-0.2, -0.15) is 0 Å². The predicted octanol–water partition coefficient (Wildman–Crippen LogP) is 3.89. The number of amides is 2.